The largest absolute Gasteiger partial charge is 0.497 e. The highest BCUT2D eigenvalue weighted by atomic mass is 16.5. The SMILES string of the molecule is COc1ccc(CC(=O)N2CCN(C(=O)Cc3c[nH]c4ccccc34)CC2)cc1. The average molecular weight is 391 g/mol. The lowest BCUT2D eigenvalue weighted by atomic mass is 10.1. The van der Waals surface area contributed by atoms with E-state index in [0.29, 0.717) is 39.0 Å². The molecule has 0 unspecified atom stereocenters. The molecule has 2 amide bonds. The molecular formula is C23H25N3O3. The highest BCUT2D eigenvalue weighted by molar-refractivity contribution is 5.89. The standard InChI is InChI=1S/C23H25N3O3/c1-29-19-8-6-17(7-9-19)14-22(27)25-10-12-26(13-11-25)23(28)15-18-16-24-21-5-3-2-4-20(18)21/h2-9,16,24H,10-15H2,1H3. The van der Waals surface area contributed by atoms with Crippen molar-refractivity contribution in [2.75, 3.05) is 33.3 Å². The fraction of sp³-hybridized carbons (Fsp3) is 0.304. The Labute approximate surface area is 170 Å². The van der Waals surface area contributed by atoms with Crippen molar-refractivity contribution >= 4 is 22.7 Å². The number of aromatic amines is 1. The van der Waals surface area contributed by atoms with E-state index in [1.807, 2.05) is 64.5 Å². The number of carbonyl (C=O) groups is 2. The van der Waals surface area contributed by atoms with Crippen molar-refractivity contribution in [3.8, 4) is 5.75 Å². The topological polar surface area (TPSA) is 65.6 Å². The lowest BCUT2D eigenvalue weighted by molar-refractivity contribution is -0.138. The second-order valence-electron chi connectivity index (χ2n) is 7.32. The maximum atomic E-state index is 12.7. The van der Waals surface area contributed by atoms with Crippen LogP contribution in [-0.2, 0) is 22.4 Å². The molecule has 1 aliphatic heterocycles. The molecule has 0 atom stereocenters. The first-order chi connectivity index (χ1) is 14.1. The van der Waals surface area contributed by atoms with Crippen molar-refractivity contribution in [1.82, 2.24) is 14.8 Å². The molecule has 29 heavy (non-hydrogen) atoms. The Morgan fingerprint density at radius 1 is 0.897 bits per heavy atom. The summed E-state index contributed by atoms with van der Waals surface area (Å²) in [5, 5.41) is 1.09. The van der Waals surface area contributed by atoms with Gasteiger partial charge >= 0.3 is 0 Å². The van der Waals surface area contributed by atoms with Gasteiger partial charge in [0.25, 0.3) is 0 Å². The van der Waals surface area contributed by atoms with Crippen molar-refractivity contribution in [3.63, 3.8) is 0 Å². The number of hydrogen-bond acceptors (Lipinski definition) is 3. The molecule has 1 aromatic heterocycles. The van der Waals surface area contributed by atoms with Crippen molar-refractivity contribution in [2.45, 2.75) is 12.8 Å². The van der Waals surface area contributed by atoms with E-state index in [2.05, 4.69) is 4.98 Å². The minimum atomic E-state index is 0.0962. The summed E-state index contributed by atoms with van der Waals surface area (Å²) in [6.07, 6.45) is 2.66. The van der Waals surface area contributed by atoms with Crippen LogP contribution in [-0.4, -0.2) is 59.9 Å². The number of rotatable bonds is 5. The van der Waals surface area contributed by atoms with Gasteiger partial charge < -0.3 is 19.5 Å². The molecule has 0 radical (unpaired) electrons. The summed E-state index contributed by atoms with van der Waals surface area (Å²) in [4.78, 5) is 32.2. The number of nitrogens with one attached hydrogen (secondary N) is 1. The minimum Gasteiger partial charge on any atom is -0.497 e. The second-order valence-corrected chi connectivity index (χ2v) is 7.32. The molecule has 1 N–H and O–H groups in total. The van der Waals surface area contributed by atoms with Crippen molar-refractivity contribution in [1.29, 1.82) is 0 Å². The minimum absolute atomic E-state index is 0.0962. The molecule has 1 fully saturated rings. The third kappa shape index (κ3) is 4.26. The zero-order valence-electron chi connectivity index (χ0n) is 16.6. The molecule has 3 aromatic rings. The summed E-state index contributed by atoms with van der Waals surface area (Å²) in [5.74, 6) is 0.986. The molecule has 2 aromatic carbocycles. The Morgan fingerprint density at radius 2 is 1.52 bits per heavy atom. The van der Waals surface area contributed by atoms with Crippen LogP contribution in [0.4, 0.5) is 0 Å². The van der Waals surface area contributed by atoms with E-state index >= 15 is 0 Å². The lowest BCUT2D eigenvalue weighted by Crippen LogP contribution is -2.51. The molecule has 1 aliphatic rings. The van der Waals surface area contributed by atoms with Crippen molar-refractivity contribution < 1.29 is 14.3 Å². The number of nitrogens with zero attached hydrogens (tertiary/aromatic N) is 2. The highest BCUT2D eigenvalue weighted by Gasteiger charge is 2.24. The van der Waals surface area contributed by atoms with Crippen LogP contribution >= 0.6 is 0 Å². The van der Waals surface area contributed by atoms with Gasteiger partial charge in [-0.25, -0.2) is 0 Å². The number of benzene rings is 2. The second kappa shape index (κ2) is 8.39. The van der Waals surface area contributed by atoms with Crippen LogP contribution in [0, 0.1) is 0 Å². The van der Waals surface area contributed by atoms with Crippen LogP contribution in [0.5, 0.6) is 5.75 Å². The number of fused-ring (bicyclic) bond motifs is 1. The Hall–Kier alpha value is -3.28. The predicted molar refractivity (Wildman–Crippen MR) is 112 cm³/mol. The quantitative estimate of drug-likeness (QED) is 0.727. The average Bonchev–Trinajstić information content (AvgIpc) is 3.17. The summed E-state index contributed by atoms with van der Waals surface area (Å²) < 4.78 is 5.15. The number of methoxy groups -OCH3 is 1. The van der Waals surface area contributed by atoms with E-state index in [0.717, 1.165) is 27.8 Å². The molecule has 6 nitrogen and oxygen atoms in total. The fourth-order valence-electron chi connectivity index (χ4n) is 3.79. The Balaban J connectivity index is 1.30. The first kappa shape index (κ1) is 19.1. The smallest absolute Gasteiger partial charge is 0.227 e. The van der Waals surface area contributed by atoms with E-state index in [-0.39, 0.29) is 11.8 Å². The van der Waals surface area contributed by atoms with Gasteiger partial charge in [0.15, 0.2) is 0 Å². The summed E-state index contributed by atoms with van der Waals surface area (Å²) in [5.41, 5.74) is 3.03. The van der Waals surface area contributed by atoms with E-state index in [1.165, 1.54) is 0 Å². The first-order valence-corrected chi connectivity index (χ1v) is 9.87. The predicted octanol–water partition coefficient (Wildman–Crippen LogP) is 2.63. The van der Waals surface area contributed by atoms with E-state index in [4.69, 9.17) is 4.74 Å². The number of aromatic nitrogens is 1. The van der Waals surface area contributed by atoms with Crippen LogP contribution in [0.2, 0.25) is 0 Å². The lowest BCUT2D eigenvalue weighted by Gasteiger charge is -2.35. The number of hydrogen-bond donors (Lipinski definition) is 1. The van der Waals surface area contributed by atoms with Gasteiger partial charge in [-0.3, -0.25) is 9.59 Å². The summed E-state index contributed by atoms with van der Waals surface area (Å²) >= 11 is 0. The number of H-pyrrole nitrogens is 1. The third-order valence-electron chi connectivity index (χ3n) is 5.52. The zero-order chi connectivity index (χ0) is 20.2. The van der Waals surface area contributed by atoms with Crippen LogP contribution in [0.25, 0.3) is 10.9 Å². The third-order valence-corrected chi connectivity index (χ3v) is 5.52. The van der Waals surface area contributed by atoms with Gasteiger partial charge in [-0.1, -0.05) is 30.3 Å². The fourth-order valence-corrected chi connectivity index (χ4v) is 3.79. The van der Waals surface area contributed by atoms with Gasteiger partial charge in [-0.2, -0.15) is 0 Å². The normalized spacial score (nSPS) is 14.2. The van der Waals surface area contributed by atoms with Crippen LogP contribution in [0.3, 0.4) is 0 Å². The molecule has 4 rings (SSSR count). The van der Waals surface area contributed by atoms with Gasteiger partial charge in [0.2, 0.25) is 11.8 Å². The Bertz CT molecular complexity index is 1000. The van der Waals surface area contributed by atoms with Crippen LogP contribution in [0.1, 0.15) is 11.1 Å². The van der Waals surface area contributed by atoms with Crippen LogP contribution in [0.15, 0.2) is 54.7 Å². The number of piperazine rings is 1. The van der Waals surface area contributed by atoms with E-state index in [1.54, 1.807) is 7.11 Å². The first-order valence-electron chi connectivity index (χ1n) is 9.87. The number of para-hydroxylation sites is 1. The zero-order valence-corrected chi connectivity index (χ0v) is 16.6. The molecule has 0 aliphatic carbocycles. The van der Waals surface area contributed by atoms with Crippen molar-refractivity contribution in [3.05, 3.63) is 65.9 Å². The monoisotopic (exact) mass is 391 g/mol. The van der Waals surface area contributed by atoms with Gasteiger partial charge in [-0.15, -0.1) is 0 Å². The summed E-state index contributed by atoms with van der Waals surface area (Å²) in [6.45, 7) is 2.31. The molecule has 0 bridgehead atoms. The maximum Gasteiger partial charge on any atom is 0.227 e. The Morgan fingerprint density at radius 3 is 2.17 bits per heavy atom. The summed E-state index contributed by atoms with van der Waals surface area (Å²) in [6, 6.07) is 15.6. The van der Waals surface area contributed by atoms with Crippen LogP contribution < -0.4 is 4.74 Å². The molecule has 1 saturated heterocycles. The summed E-state index contributed by atoms with van der Waals surface area (Å²) in [7, 11) is 1.62. The molecule has 150 valence electrons. The van der Waals surface area contributed by atoms with Gasteiger partial charge in [0.1, 0.15) is 5.75 Å². The van der Waals surface area contributed by atoms with Crippen molar-refractivity contribution in [2.24, 2.45) is 0 Å². The number of carbonyl (C=O) groups excluding carboxylic acids is 2. The molecule has 6 heteroatoms. The molecule has 0 saturated carbocycles. The van der Waals surface area contributed by atoms with E-state index in [9.17, 15) is 9.59 Å². The highest BCUT2D eigenvalue weighted by Crippen LogP contribution is 2.19. The molecular weight excluding hydrogens is 366 g/mol. The van der Waals surface area contributed by atoms with Gasteiger partial charge in [0.05, 0.1) is 20.0 Å². The number of ether oxygens (including phenoxy) is 1. The number of amides is 2. The maximum absolute atomic E-state index is 12.7. The van der Waals surface area contributed by atoms with Gasteiger partial charge in [-0.05, 0) is 29.3 Å². The molecule has 2 heterocycles. The molecule has 0 spiro atoms. The van der Waals surface area contributed by atoms with Gasteiger partial charge in [0, 0.05) is 43.3 Å². The van der Waals surface area contributed by atoms with E-state index < -0.39 is 0 Å². The Kier molecular flexibility index (Phi) is 5.51.